The summed E-state index contributed by atoms with van der Waals surface area (Å²) in [5, 5.41) is 6.28. The monoisotopic (exact) mass is 352 g/mol. The van der Waals surface area contributed by atoms with E-state index in [9.17, 15) is 9.59 Å². The van der Waals surface area contributed by atoms with Crippen LogP contribution in [0.1, 0.15) is 22.8 Å². The molecule has 0 saturated heterocycles. The fourth-order valence-electron chi connectivity index (χ4n) is 2.77. The fraction of sp³-hybridized carbons (Fsp3) is 0.211. The normalized spacial score (nSPS) is 10.6. The van der Waals surface area contributed by atoms with Crippen LogP contribution in [0.25, 0.3) is 11.0 Å². The maximum Gasteiger partial charge on any atom is 0.253 e. The first-order chi connectivity index (χ1) is 12.5. The van der Waals surface area contributed by atoms with E-state index >= 15 is 0 Å². The second kappa shape index (κ2) is 7.26. The van der Waals surface area contributed by atoms with Crippen molar-refractivity contribution in [2.75, 3.05) is 12.4 Å². The Kier molecular flexibility index (Phi) is 4.88. The number of benzene rings is 1. The molecule has 2 heterocycles. The minimum atomic E-state index is -0.208. The zero-order valence-corrected chi connectivity index (χ0v) is 14.9. The van der Waals surface area contributed by atoms with Gasteiger partial charge in [-0.05, 0) is 23.8 Å². The lowest BCUT2D eigenvalue weighted by Crippen LogP contribution is -2.22. The predicted octanol–water partition coefficient (Wildman–Crippen LogP) is 2.47. The summed E-state index contributed by atoms with van der Waals surface area (Å²) in [6, 6.07) is 9.28. The van der Waals surface area contributed by atoms with Crippen molar-refractivity contribution in [1.29, 1.82) is 0 Å². The van der Waals surface area contributed by atoms with Crippen LogP contribution in [-0.2, 0) is 18.4 Å². The van der Waals surface area contributed by atoms with Crippen molar-refractivity contribution in [3.8, 4) is 5.75 Å². The van der Waals surface area contributed by atoms with Gasteiger partial charge < -0.3 is 19.9 Å². The Morgan fingerprint density at radius 1 is 1.27 bits per heavy atom. The molecule has 0 spiro atoms. The van der Waals surface area contributed by atoms with Crippen LogP contribution in [0.3, 0.4) is 0 Å². The molecule has 1 aromatic carbocycles. The molecule has 0 radical (unpaired) electrons. The lowest BCUT2D eigenvalue weighted by molar-refractivity contribution is -0.114. The molecule has 0 bridgehead atoms. The molecule has 0 aliphatic heterocycles. The van der Waals surface area contributed by atoms with Gasteiger partial charge in [-0.25, -0.2) is 4.98 Å². The lowest BCUT2D eigenvalue weighted by Gasteiger charge is -2.07. The number of anilines is 1. The van der Waals surface area contributed by atoms with Gasteiger partial charge in [0, 0.05) is 32.1 Å². The summed E-state index contributed by atoms with van der Waals surface area (Å²) in [5.41, 5.74) is 2.67. The number of fused-ring (bicyclic) bond motifs is 1. The van der Waals surface area contributed by atoms with Gasteiger partial charge in [-0.2, -0.15) is 0 Å². The Morgan fingerprint density at radius 2 is 2.08 bits per heavy atom. The first-order valence-electron chi connectivity index (χ1n) is 8.11. The second-order valence-electron chi connectivity index (χ2n) is 5.96. The van der Waals surface area contributed by atoms with Crippen LogP contribution < -0.4 is 15.4 Å². The molecule has 0 fully saturated rings. The van der Waals surface area contributed by atoms with E-state index in [0.29, 0.717) is 28.8 Å². The lowest BCUT2D eigenvalue weighted by atomic mass is 10.1. The fourth-order valence-corrected chi connectivity index (χ4v) is 2.77. The van der Waals surface area contributed by atoms with Crippen molar-refractivity contribution in [3.05, 3.63) is 53.9 Å². The van der Waals surface area contributed by atoms with Gasteiger partial charge in [-0.3, -0.25) is 9.59 Å². The smallest absolute Gasteiger partial charge is 0.253 e. The molecule has 2 N–H and O–H groups in total. The summed E-state index contributed by atoms with van der Waals surface area (Å²) in [6.45, 7) is 1.81. The molecule has 134 valence electrons. The van der Waals surface area contributed by atoms with Crippen molar-refractivity contribution in [2.45, 2.75) is 13.5 Å². The number of carbonyl (C=O) groups excluding carboxylic acids is 2. The average Bonchev–Trinajstić information content (AvgIpc) is 2.95. The third-order valence-electron chi connectivity index (χ3n) is 3.97. The Morgan fingerprint density at radius 3 is 2.81 bits per heavy atom. The van der Waals surface area contributed by atoms with Crippen molar-refractivity contribution in [1.82, 2.24) is 14.9 Å². The first kappa shape index (κ1) is 17.5. The Balaban J connectivity index is 1.83. The van der Waals surface area contributed by atoms with E-state index in [1.165, 1.54) is 6.92 Å². The molecule has 2 aromatic heterocycles. The Hall–Kier alpha value is -3.35. The molecule has 7 heteroatoms. The molecule has 0 aliphatic rings. The van der Waals surface area contributed by atoms with E-state index in [1.807, 2.05) is 31.3 Å². The highest BCUT2D eigenvalue weighted by atomic mass is 16.5. The number of carbonyl (C=O) groups is 2. The zero-order chi connectivity index (χ0) is 18.7. The summed E-state index contributed by atoms with van der Waals surface area (Å²) < 4.78 is 6.98. The van der Waals surface area contributed by atoms with Gasteiger partial charge in [0.2, 0.25) is 5.91 Å². The molecule has 0 saturated carbocycles. The van der Waals surface area contributed by atoms with Gasteiger partial charge in [-0.1, -0.05) is 12.1 Å². The maximum atomic E-state index is 12.7. The molecular weight excluding hydrogens is 332 g/mol. The van der Waals surface area contributed by atoms with Gasteiger partial charge in [0.25, 0.3) is 5.91 Å². The molecule has 3 rings (SSSR count). The summed E-state index contributed by atoms with van der Waals surface area (Å²) in [6.07, 6.45) is 3.30. The number of rotatable bonds is 5. The Bertz CT molecular complexity index is 978. The number of nitrogens with one attached hydrogen (secondary N) is 2. The van der Waals surface area contributed by atoms with Gasteiger partial charge in [0.15, 0.2) is 0 Å². The highest BCUT2D eigenvalue weighted by molar-refractivity contribution is 6.07. The number of aromatic nitrogens is 2. The molecule has 26 heavy (non-hydrogen) atoms. The van der Waals surface area contributed by atoms with Gasteiger partial charge in [0.1, 0.15) is 11.4 Å². The molecule has 3 aromatic rings. The van der Waals surface area contributed by atoms with E-state index in [1.54, 1.807) is 30.1 Å². The standard InChI is InChI=1S/C19H20N4O3/c1-12(24)22-14-8-16-17(11-23(2)18(16)20-10-14)19(25)21-9-13-5-4-6-15(7-13)26-3/h4-8,10-11H,9H2,1-3H3,(H,21,25)(H,22,24). The van der Waals surface area contributed by atoms with Crippen LogP contribution in [-0.4, -0.2) is 28.5 Å². The number of ether oxygens (including phenoxy) is 1. The number of amides is 2. The summed E-state index contributed by atoms with van der Waals surface area (Å²) in [7, 11) is 3.43. The zero-order valence-electron chi connectivity index (χ0n) is 14.9. The third kappa shape index (κ3) is 3.66. The summed E-state index contributed by atoms with van der Waals surface area (Å²) in [4.78, 5) is 28.2. The topological polar surface area (TPSA) is 85.2 Å². The van der Waals surface area contributed by atoms with Crippen molar-refractivity contribution < 1.29 is 14.3 Å². The predicted molar refractivity (Wildman–Crippen MR) is 99.2 cm³/mol. The van der Waals surface area contributed by atoms with Crippen LogP contribution in [0.5, 0.6) is 5.75 Å². The van der Waals surface area contributed by atoms with E-state index in [4.69, 9.17) is 4.74 Å². The average molecular weight is 352 g/mol. The Labute approximate surface area is 151 Å². The van der Waals surface area contributed by atoms with Crippen LogP contribution in [0.4, 0.5) is 5.69 Å². The third-order valence-corrected chi connectivity index (χ3v) is 3.97. The molecular formula is C19H20N4O3. The highest BCUT2D eigenvalue weighted by Gasteiger charge is 2.15. The van der Waals surface area contributed by atoms with Crippen molar-refractivity contribution in [3.63, 3.8) is 0 Å². The van der Waals surface area contributed by atoms with E-state index < -0.39 is 0 Å². The van der Waals surface area contributed by atoms with Crippen LogP contribution >= 0.6 is 0 Å². The first-order valence-corrected chi connectivity index (χ1v) is 8.11. The number of aryl methyl sites for hydroxylation is 1. The summed E-state index contributed by atoms with van der Waals surface area (Å²) >= 11 is 0. The quantitative estimate of drug-likeness (QED) is 0.739. The minimum Gasteiger partial charge on any atom is -0.497 e. The van der Waals surface area contributed by atoms with Crippen LogP contribution in [0.2, 0.25) is 0 Å². The van der Waals surface area contributed by atoms with Gasteiger partial charge in [-0.15, -0.1) is 0 Å². The van der Waals surface area contributed by atoms with E-state index in [0.717, 1.165) is 11.3 Å². The van der Waals surface area contributed by atoms with E-state index in [-0.39, 0.29) is 11.8 Å². The molecule has 2 amide bonds. The van der Waals surface area contributed by atoms with E-state index in [2.05, 4.69) is 15.6 Å². The van der Waals surface area contributed by atoms with Gasteiger partial charge in [0.05, 0.1) is 24.6 Å². The molecule has 7 nitrogen and oxygen atoms in total. The molecule has 0 unspecified atom stereocenters. The van der Waals surface area contributed by atoms with Crippen LogP contribution in [0, 0.1) is 0 Å². The number of hydrogen-bond acceptors (Lipinski definition) is 4. The largest absolute Gasteiger partial charge is 0.497 e. The van der Waals surface area contributed by atoms with Gasteiger partial charge >= 0.3 is 0 Å². The van der Waals surface area contributed by atoms with Crippen molar-refractivity contribution >= 4 is 28.5 Å². The maximum absolute atomic E-state index is 12.7. The number of nitrogens with zero attached hydrogens (tertiary/aromatic N) is 2. The number of methoxy groups -OCH3 is 1. The second-order valence-corrected chi connectivity index (χ2v) is 5.96. The summed E-state index contributed by atoms with van der Waals surface area (Å²) in [5.74, 6) is 0.345. The number of hydrogen-bond donors (Lipinski definition) is 2. The molecule has 0 aliphatic carbocycles. The SMILES string of the molecule is COc1cccc(CNC(=O)c2cn(C)c3ncc(NC(C)=O)cc23)c1. The minimum absolute atomic E-state index is 0.189. The number of pyridine rings is 1. The van der Waals surface area contributed by atoms with Crippen molar-refractivity contribution in [2.24, 2.45) is 7.05 Å². The highest BCUT2D eigenvalue weighted by Crippen LogP contribution is 2.22. The molecule has 0 atom stereocenters. The van der Waals surface area contributed by atoms with Crippen LogP contribution in [0.15, 0.2) is 42.7 Å².